The van der Waals surface area contributed by atoms with Gasteiger partial charge in [-0.1, -0.05) is 23.2 Å². The van der Waals surface area contributed by atoms with Crippen molar-refractivity contribution in [1.82, 2.24) is 9.88 Å². The van der Waals surface area contributed by atoms with Crippen LogP contribution in [-0.4, -0.2) is 40.3 Å². The number of hydrogen-bond donors (Lipinski definition) is 2. The van der Waals surface area contributed by atoms with E-state index < -0.39 is 12.1 Å². The Morgan fingerprint density at radius 3 is 2.70 bits per heavy atom. The minimum atomic E-state index is -0.972. The van der Waals surface area contributed by atoms with Gasteiger partial charge in [0.05, 0.1) is 11.1 Å². The van der Waals surface area contributed by atoms with Crippen molar-refractivity contribution in [2.24, 2.45) is 7.05 Å². The number of halogens is 2. The molecule has 0 aliphatic carbocycles. The summed E-state index contributed by atoms with van der Waals surface area (Å²) < 4.78 is 6.78. The normalized spacial score (nSPS) is 21.9. The lowest BCUT2D eigenvalue weighted by Gasteiger charge is -2.12. The van der Waals surface area contributed by atoms with Crippen LogP contribution in [0.2, 0.25) is 10.2 Å². The molecule has 2 N–H and O–H groups in total. The lowest BCUT2D eigenvalue weighted by molar-refractivity contribution is -0.149. The Morgan fingerprint density at radius 2 is 2.20 bits per heavy atom. The highest BCUT2D eigenvalue weighted by Gasteiger charge is 2.30. The number of aliphatic carboxylic acids is 1. The van der Waals surface area contributed by atoms with Crippen molar-refractivity contribution in [3.63, 3.8) is 0 Å². The Labute approximate surface area is 125 Å². The lowest BCUT2D eigenvalue weighted by Crippen LogP contribution is -2.34. The smallest absolute Gasteiger partial charge is 0.332 e. The van der Waals surface area contributed by atoms with Gasteiger partial charge in [-0.25, -0.2) is 4.79 Å². The van der Waals surface area contributed by atoms with Crippen LogP contribution in [0.5, 0.6) is 0 Å². The molecule has 1 aromatic heterocycles. The maximum absolute atomic E-state index is 12.0. The molecular formula is C12H14Cl2N2O4. The van der Waals surface area contributed by atoms with E-state index in [0.717, 1.165) is 0 Å². The third-order valence-corrected chi connectivity index (χ3v) is 4.06. The van der Waals surface area contributed by atoms with Gasteiger partial charge in [0.2, 0.25) is 0 Å². The highest BCUT2D eigenvalue weighted by Crippen LogP contribution is 2.25. The minimum absolute atomic E-state index is 0.253. The molecule has 1 aliphatic heterocycles. The van der Waals surface area contributed by atoms with Crippen LogP contribution in [-0.2, 0) is 16.6 Å². The summed E-state index contributed by atoms with van der Waals surface area (Å²) in [6.07, 6.45) is -0.00841. The molecule has 1 fully saturated rings. The summed E-state index contributed by atoms with van der Waals surface area (Å²) in [6.45, 7) is 0.253. The monoisotopic (exact) mass is 320 g/mol. The SMILES string of the molecule is Cn1c(C(=O)NCC2CCC(C(=O)O)O2)cc(Cl)c1Cl. The highest BCUT2D eigenvalue weighted by molar-refractivity contribution is 6.41. The number of carboxylic acids is 1. The molecule has 1 saturated heterocycles. The van der Waals surface area contributed by atoms with Crippen LogP contribution >= 0.6 is 23.2 Å². The molecule has 6 nitrogen and oxygen atoms in total. The number of rotatable bonds is 4. The average molecular weight is 321 g/mol. The van der Waals surface area contributed by atoms with E-state index in [9.17, 15) is 9.59 Å². The molecule has 0 bridgehead atoms. The average Bonchev–Trinajstić information content (AvgIpc) is 2.97. The van der Waals surface area contributed by atoms with E-state index in [4.69, 9.17) is 33.0 Å². The summed E-state index contributed by atoms with van der Waals surface area (Å²) in [5, 5.41) is 12.1. The van der Waals surface area contributed by atoms with Crippen molar-refractivity contribution in [2.75, 3.05) is 6.54 Å². The molecule has 1 aromatic rings. The van der Waals surface area contributed by atoms with Crippen LogP contribution in [0.1, 0.15) is 23.3 Å². The van der Waals surface area contributed by atoms with Gasteiger partial charge in [-0.05, 0) is 18.9 Å². The van der Waals surface area contributed by atoms with Crippen molar-refractivity contribution >= 4 is 35.1 Å². The summed E-state index contributed by atoms with van der Waals surface area (Å²) in [5.74, 6) is -1.30. The molecule has 2 rings (SSSR count). The molecule has 8 heteroatoms. The lowest BCUT2D eigenvalue weighted by atomic mass is 10.2. The molecule has 1 aliphatic rings. The number of carbonyl (C=O) groups is 2. The van der Waals surface area contributed by atoms with Crippen LogP contribution in [0.4, 0.5) is 0 Å². The van der Waals surface area contributed by atoms with Crippen LogP contribution < -0.4 is 5.32 Å². The second-order valence-electron chi connectivity index (χ2n) is 4.60. The van der Waals surface area contributed by atoms with Crippen molar-refractivity contribution in [3.8, 4) is 0 Å². The first-order valence-corrected chi connectivity index (χ1v) is 6.83. The van der Waals surface area contributed by atoms with E-state index in [0.29, 0.717) is 28.7 Å². The topological polar surface area (TPSA) is 80.6 Å². The number of carbonyl (C=O) groups excluding carboxylic acids is 1. The number of nitrogens with one attached hydrogen (secondary N) is 1. The zero-order chi connectivity index (χ0) is 14.9. The molecule has 2 atom stereocenters. The predicted octanol–water partition coefficient (Wildman–Crippen LogP) is 1.69. The Balaban J connectivity index is 1.90. The summed E-state index contributed by atoms with van der Waals surface area (Å²) in [5.41, 5.74) is 0.341. The molecular weight excluding hydrogens is 307 g/mol. The number of carboxylic acid groups (broad SMARTS) is 1. The second-order valence-corrected chi connectivity index (χ2v) is 5.36. The van der Waals surface area contributed by atoms with Crippen molar-refractivity contribution in [2.45, 2.75) is 25.0 Å². The van der Waals surface area contributed by atoms with E-state index >= 15 is 0 Å². The van der Waals surface area contributed by atoms with E-state index in [2.05, 4.69) is 5.32 Å². The van der Waals surface area contributed by atoms with Gasteiger partial charge in [0.25, 0.3) is 5.91 Å². The van der Waals surface area contributed by atoms with Crippen molar-refractivity contribution in [3.05, 3.63) is 21.9 Å². The van der Waals surface area contributed by atoms with Gasteiger partial charge in [-0.3, -0.25) is 4.79 Å². The minimum Gasteiger partial charge on any atom is -0.479 e. The summed E-state index contributed by atoms with van der Waals surface area (Å²) in [6, 6.07) is 1.48. The summed E-state index contributed by atoms with van der Waals surface area (Å²) >= 11 is 11.7. The van der Waals surface area contributed by atoms with Crippen LogP contribution in [0.25, 0.3) is 0 Å². The first kappa shape index (κ1) is 15.2. The van der Waals surface area contributed by atoms with Crippen LogP contribution in [0.15, 0.2) is 6.07 Å². The summed E-state index contributed by atoms with van der Waals surface area (Å²) in [7, 11) is 1.63. The van der Waals surface area contributed by atoms with E-state index in [1.807, 2.05) is 0 Å². The van der Waals surface area contributed by atoms with E-state index in [-0.39, 0.29) is 18.6 Å². The van der Waals surface area contributed by atoms with E-state index in [1.165, 1.54) is 10.6 Å². The molecule has 0 saturated carbocycles. The highest BCUT2D eigenvalue weighted by atomic mass is 35.5. The number of ether oxygens (including phenoxy) is 1. The van der Waals surface area contributed by atoms with E-state index in [1.54, 1.807) is 7.05 Å². The van der Waals surface area contributed by atoms with Gasteiger partial charge >= 0.3 is 5.97 Å². The molecule has 0 aromatic carbocycles. The zero-order valence-electron chi connectivity index (χ0n) is 10.7. The third-order valence-electron chi connectivity index (χ3n) is 3.22. The maximum Gasteiger partial charge on any atom is 0.332 e. The largest absolute Gasteiger partial charge is 0.479 e. The zero-order valence-corrected chi connectivity index (χ0v) is 12.2. The molecule has 0 radical (unpaired) electrons. The van der Waals surface area contributed by atoms with Crippen LogP contribution in [0.3, 0.4) is 0 Å². The standard InChI is InChI=1S/C12H14Cl2N2O4/c1-16-8(4-7(13)10(16)14)11(17)15-5-6-2-3-9(20-6)12(18)19/h4,6,9H,2-3,5H2,1H3,(H,15,17)(H,18,19). The third kappa shape index (κ3) is 3.08. The number of amides is 1. The predicted molar refractivity (Wildman–Crippen MR) is 73.3 cm³/mol. The van der Waals surface area contributed by atoms with Crippen molar-refractivity contribution in [1.29, 1.82) is 0 Å². The first-order valence-electron chi connectivity index (χ1n) is 6.07. The van der Waals surface area contributed by atoms with Gasteiger partial charge in [-0.2, -0.15) is 0 Å². The number of aromatic nitrogens is 1. The molecule has 2 heterocycles. The van der Waals surface area contributed by atoms with Gasteiger partial charge in [0.15, 0.2) is 6.10 Å². The fraction of sp³-hybridized carbons (Fsp3) is 0.500. The maximum atomic E-state index is 12.0. The number of hydrogen-bond acceptors (Lipinski definition) is 3. The molecule has 2 unspecified atom stereocenters. The molecule has 20 heavy (non-hydrogen) atoms. The number of nitrogens with zero attached hydrogens (tertiary/aromatic N) is 1. The van der Waals surface area contributed by atoms with Crippen LogP contribution in [0, 0.1) is 0 Å². The molecule has 110 valence electrons. The first-order chi connectivity index (χ1) is 9.40. The van der Waals surface area contributed by atoms with Gasteiger partial charge in [0, 0.05) is 13.6 Å². The Bertz CT molecular complexity index is 544. The summed E-state index contributed by atoms with van der Waals surface area (Å²) in [4.78, 5) is 22.7. The second kappa shape index (κ2) is 6.03. The fourth-order valence-electron chi connectivity index (χ4n) is 2.09. The van der Waals surface area contributed by atoms with Crippen molar-refractivity contribution < 1.29 is 19.4 Å². The molecule has 1 amide bonds. The molecule has 0 spiro atoms. The Hall–Kier alpha value is -1.24. The Morgan fingerprint density at radius 1 is 1.50 bits per heavy atom. The van der Waals surface area contributed by atoms with Gasteiger partial charge in [-0.15, -0.1) is 0 Å². The van der Waals surface area contributed by atoms with Gasteiger partial charge in [0.1, 0.15) is 10.8 Å². The fourth-order valence-corrected chi connectivity index (χ4v) is 2.47. The van der Waals surface area contributed by atoms with Gasteiger partial charge < -0.3 is 19.7 Å². The Kier molecular flexibility index (Phi) is 4.57. The quantitative estimate of drug-likeness (QED) is 0.884.